The highest BCUT2D eigenvalue weighted by molar-refractivity contribution is 7.98. The van der Waals surface area contributed by atoms with Gasteiger partial charge in [-0.3, -0.25) is 14.4 Å². The summed E-state index contributed by atoms with van der Waals surface area (Å²) in [7, 11) is 1.68. The number of pyridine rings is 1. The molecule has 0 aliphatic rings. The van der Waals surface area contributed by atoms with Crippen LogP contribution >= 0.6 is 11.8 Å². The summed E-state index contributed by atoms with van der Waals surface area (Å²) in [6, 6.07) is 9.60. The molecule has 0 aliphatic carbocycles. The Morgan fingerprint density at radius 1 is 0.951 bits per heavy atom. The molecule has 1 aromatic carbocycles. The number of aromatic nitrogens is 3. The van der Waals surface area contributed by atoms with E-state index in [0.29, 0.717) is 48.8 Å². The monoisotopic (exact) mass is 582 g/mol. The second-order valence-electron chi connectivity index (χ2n) is 10.6. The molecule has 3 rings (SSSR count). The molecule has 0 aliphatic heterocycles. The number of unbranched alkanes of at least 4 members (excludes halogenated alkanes) is 7. The van der Waals surface area contributed by atoms with Crippen LogP contribution in [0.4, 0.5) is 4.39 Å². The fraction of sp³-hybridized carbons (Fsp3) is 0.500. The number of nitrogens with one attached hydrogen (secondary N) is 1. The van der Waals surface area contributed by atoms with Gasteiger partial charge in [0.1, 0.15) is 5.82 Å². The predicted molar refractivity (Wildman–Crippen MR) is 164 cm³/mol. The SMILES string of the molecule is CCCCCCCCCCNC(=O)CCCn1cc(Cc2ccn(C)c(=O)c2)c(=O)nc1SCc1ccc(F)cc1. The number of rotatable bonds is 18. The number of aryl methyl sites for hydroxylation is 2. The highest BCUT2D eigenvalue weighted by Gasteiger charge is 2.12. The van der Waals surface area contributed by atoms with Gasteiger partial charge in [-0.25, -0.2) is 4.39 Å². The number of carbonyl (C=O) groups excluding carboxylic acids is 1. The molecule has 7 nitrogen and oxygen atoms in total. The van der Waals surface area contributed by atoms with E-state index in [0.717, 1.165) is 24.0 Å². The molecule has 0 spiro atoms. The van der Waals surface area contributed by atoms with Gasteiger partial charge in [0.05, 0.1) is 0 Å². The maximum atomic E-state index is 13.3. The van der Waals surface area contributed by atoms with Crippen molar-refractivity contribution in [1.82, 2.24) is 19.4 Å². The Hall–Kier alpha value is -3.20. The minimum Gasteiger partial charge on any atom is -0.356 e. The van der Waals surface area contributed by atoms with Crippen LogP contribution in [-0.2, 0) is 30.6 Å². The van der Waals surface area contributed by atoms with Crippen LogP contribution in [-0.4, -0.2) is 26.6 Å². The number of carbonyl (C=O) groups is 1. The molecule has 41 heavy (non-hydrogen) atoms. The minimum atomic E-state index is -0.341. The molecule has 0 unspecified atom stereocenters. The van der Waals surface area contributed by atoms with E-state index in [1.165, 1.54) is 73.1 Å². The predicted octanol–water partition coefficient (Wildman–Crippen LogP) is 6.00. The molecule has 2 aromatic heterocycles. The molecule has 3 aromatic rings. The molecule has 0 fully saturated rings. The van der Waals surface area contributed by atoms with Crippen molar-refractivity contribution in [3.05, 3.63) is 92.0 Å². The summed E-state index contributed by atoms with van der Waals surface area (Å²) in [6.07, 6.45) is 14.6. The first-order valence-electron chi connectivity index (χ1n) is 14.8. The van der Waals surface area contributed by atoms with Crippen LogP contribution in [0, 0.1) is 5.82 Å². The van der Waals surface area contributed by atoms with Gasteiger partial charge in [0.25, 0.3) is 11.1 Å². The van der Waals surface area contributed by atoms with Crippen molar-refractivity contribution < 1.29 is 9.18 Å². The largest absolute Gasteiger partial charge is 0.356 e. The molecular weight excluding hydrogens is 539 g/mol. The van der Waals surface area contributed by atoms with Gasteiger partial charge >= 0.3 is 0 Å². The maximum absolute atomic E-state index is 13.3. The summed E-state index contributed by atoms with van der Waals surface area (Å²) in [5.74, 6) is 0.261. The number of nitrogens with zero attached hydrogens (tertiary/aromatic N) is 3. The van der Waals surface area contributed by atoms with E-state index < -0.39 is 0 Å². The van der Waals surface area contributed by atoms with E-state index >= 15 is 0 Å². The van der Waals surface area contributed by atoms with Gasteiger partial charge in [-0.2, -0.15) is 4.98 Å². The van der Waals surface area contributed by atoms with Crippen LogP contribution in [0.3, 0.4) is 0 Å². The Morgan fingerprint density at radius 2 is 1.66 bits per heavy atom. The number of benzene rings is 1. The first-order chi connectivity index (χ1) is 19.9. The minimum absolute atomic E-state index is 0.0304. The maximum Gasteiger partial charge on any atom is 0.277 e. The second kappa shape index (κ2) is 17.6. The lowest BCUT2D eigenvalue weighted by Crippen LogP contribution is -2.25. The van der Waals surface area contributed by atoms with Gasteiger partial charge in [0.2, 0.25) is 5.91 Å². The van der Waals surface area contributed by atoms with E-state index in [4.69, 9.17) is 0 Å². The molecule has 0 bridgehead atoms. The first-order valence-corrected chi connectivity index (χ1v) is 15.7. The van der Waals surface area contributed by atoms with Gasteiger partial charge < -0.3 is 14.5 Å². The Kier molecular flexibility index (Phi) is 13.9. The molecule has 0 radical (unpaired) electrons. The smallest absolute Gasteiger partial charge is 0.277 e. The number of hydrogen-bond donors (Lipinski definition) is 1. The quantitative estimate of drug-likeness (QED) is 0.113. The lowest BCUT2D eigenvalue weighted by Gasteiger charge is -2.14. The molecule has 0 saturated heterocycles. The van der Waals surface area contributed by atoms with Crippen LogP contribution in [0.25, 0.3) is 0 Å². The summed E-state index contributed by atoms with van der Waals surface area (Å²) in [4.78, 5) is 41.8. The number of thioether (sulfide) groups is 1. The van der Waals surface area contributed by atoms with Gasteiger partial charge in [0, 0.05) is 62.8 Å². The third-order valence-electron chi connectivity index (χ3n) is 7.03. The van der Waals surface area contributed by atoms with Gasteiger partial charge in [-0.15, -0.1) is 0 Å². The molecule has 1 N–H and O–H groups in total. The van der Waals surface area contributed by atoms with Crippen molar-refractivity contribution in [2.75, 3.05) is 6.54 Å². The summed E-state index contributed by atoms with van der Waals surface area (Å²) < 4.78 is 16.7. The average Bonchev–Trinajstić information content (AvgIpc) is 2.95. The normalized spacial score (nSPS) is 11.1. The average molecular weight is 583 g/mol. The van der Waals surface area contributed by atoms with Crippen LogP contribution in [0.15, 0.2) is 63.5 Å². The summed E-state index contributed by atoms with van der Waals surface area (Å²) in [5.41, 5.74) is 1.67. The highest BCUT2D eigenvalue weighted by atomic mass is 32.2. The highest BCUT2D eigenvalue weighted by Crippen LogP contribution is 2.22. The number of halogens is 1. The molecule has 1 amide bonds. The molecule has 222 valence electrons. The zero-order valence-corrected chi connectivity index (χ0v) is 25.2. The molecular formula is C32H43FN4O3S. The number of hydrogen-bond acceptors (Lipinski definition) is 5. The molecule has 0 saturated carbocycles. The van der Waals surface area contributed by atoms with Crippen molar-refractivity contribution in [2.24, 2.45) is 7.05 Å². The Labute approximate surface area is 246 Å². The third kappa shape index (κ3) is 11.7. The van der Waals surface area contributed by atoms with Crippen molar-refractivity contribution in [3.63, 3.8) is 0 Å². The van der Waals surface area contributed by atoms with Gasteiger partial charge in [0.15, 0.2) is 5.16 Å². The van der Waals surface area contributed by atoms with E-state index in [-0.39, 0.29) is 22.8 Å². The van der Waals surface area contributed by atoms with Crippen LogP contribution in [0.1, 0.15) is 87.8 Å². The van der Waals surface area contributed by atoms with Crippen molar-refractivity contribution >= 4 is 17.7 Å². The van der Waals surface area contributed by atoms with E-state index in [1.54, 1.807) is 31.6 Å². The van der Waals surface area contributed by atoms with E-state index in [9.17, 15) is 18.8 Å². The number of amides is 1. The second-order valence-corrected chi connectivity index (χ2v) is 11.5. The van der Waals surface area contributed by atoms with Crippen molar-refractivity contribution in [1.29, 1.82) is 0 Å². The third-order valence-corrected chi connectivity index (χ3v) is 8.09. The standard InChI is InChI=1S/C32H43FN4O3S/c1-3-4-5-6-7-8-9-10-18-34-29(38)12-11-19-37-23-27(21-26-17-20-36(2)30(39)22-26)31(40)35-32(37)41-24-25-13-15-28(33)16-14-25/h13-17,20,22-23H,3-12,18-19,21,24H2,1-2H3,(H,34,38). The Morgan fingerprint density at radius 3 is 2.37 bits per heavy atom. The zero-order chi connectivity index (χ0) is 29.5. The molecule has 9 heteroatoms. The zero-order valence-electron chi connectivity index (χ0n) is 24.4. The first kappa shape index (κ1) is 32.3. The fourth-order valence-corrected chi connectivity index (χ4v) is 5.50. The Bertz CT molecular complexity index is 1350. The fourth-order valence-electron chi connectivity index (χ4n) is 4.55. The molecule has 2 heterocycles. The summed E-state index contributed by atoms with van der Waals surface area (Å²) in [6.45, 7) is 3.45. The van der Waals surface area contributed by atoms with Gasteiger partial charge in [-0.1, -0.05) is 75.8 Å². The summed E-state index contributed by atoms with van der Waals surface area (Å²) in [5, 5.41) is 3.58. The van der Waals surface area contributed by atoms with E-state index in [2.05, 4.69) is 17.2 Å². The topological polar surface area (TPSA) is 86.0 Å². The van der Waals surface area contributed by atoms with Crippen LogP contribution < -0.4 is 16.4 Å². The van der Waals surface area contributed by atoms with Crippen LogP contribution in [0.5, 0.6) is 0 Å². The van der Waals surface area contributed by atoms with Crippen molar-refractivity contribution in [2.45, 2.75) is 95.0 Å². The summed E-state index contributed by atoms with van der Waals surface area (Å²) >= 11 is 1.40. The van der Waals surface area contributed by atoms with Crippen molar-refractivity contribution in [3.8, 4) is 0 Å². The Balaban J connectivity index is 1.57. The molecule has 0 atom stereocenters. The van der Waals surface area contributed by atoms with Crippen LogP contribution in [0.2, 0.25) is 0 Å². The lowest BCUT2D eigenvalue weighted by atomic mass is 10.1. The van der Waals surface area contributed by atoms with Gasteiger partial charge in [-0.05, 0) is 42.2 Å². The van der Waals surface area contributed by atoms with E-state index in [1.807, 2.05) is 10.6 Å². The lowest BCUT2D eigenvalue weighted by molar-refractivity contribution is -0.121.